The molecule has 1 aliphatic rings. The van der Waals surface area contributed by atoms with E-state index in [1.54, 1.807) is 14.2 Å². The maximum absolute atomic E-state index is 4.90. The van der Waals surface area contributed by atoms with Crippen LogP contribution in [0.1, 0.15) is 0 Å². The molecule has 0 spiro atoms. The van der Waals surface area contributed by atoms with Gasteiger partial charge in [0.1, 0.15) is 6.10 Å². The van der Waals surface area contributed by atoms with Gasteiger partial charge in [-0.05, 0) is 0 Å². The van der Waals surface area contributed by atoms with E-state index in [1.165, 1.54) is 0 Å². The molecule has 0 aromatic rings. The molecule has 0 saturated carbocycles. The first-order chi connectivity index (χ1) is 3.88. The van der Waals surface area contributed by atoms with E-state index in [0.29, 0.717) is 0 Å². The van der Waals surface area contributed by atoms with E-state index < -0.39 is 0 Å². The standard InChI is InChI=1S/C5H10O3/c1-6-5(7-2)4-3-8-4/h4-5H,3H2,1-2H3/t4-/m1/s1. The first kappa shape index (κ1) is 6.01. The Morgan fingerprint density at radius 1 is 1.50 bits per heavy atom. The first-order valence-corrected chi connectivity index (χ1v) is 2.55. The van der Waals surface area contributed by atoms with Crippen molar-refractivity contribution in [1.29, 1.82) is 0 Å². The summed E-state index contributed by atoms with van der Waals surface area (Å²) < 4.78 is 14.7. The minimum absolute atomic E-state index is 0.157. The summed E-state index contributed by atoms with van der Waals surface area (Å²) >= 11 is 0. The van der Waals surface area contributed by atoms with Crippen molar-refractivity contribution in [3.63, 3.8) is 0 Å². The van der Waals surface area contributed by atoms with Gasteiger partial charge in [-0.25, -0.2) is 0 Å². The third-order valence-corrected chi connectivity index (χ3v) is 1.13. The van der Waals surface area contributed by atoms with Gasteiger partial charge in [0.2, 0.25) is 0 Å². The van der Waals surface area contributed by atoms with Crippen molar-refractivity contribution in [3.8, 4) is 0 Å². The SMILES string of the molecule is COC(OC)[C@H]1CO1. The molecule has 1 saturated heterocycles. The van der Waals surface area contributed by atoms with E-state index in [2.05, 4.69) is 0 Å². The second kappa shape index (κ2) is 2.44. The predicted molar refractivity (Wildman–Crippen MR) is 27.5 cm³/mol. The van der Waals surface area contributed by atoms with Crippen LogP contribution in [0, 0.1) is 0 Å². The van der Waals surface area contributed by atoms with Crippen LogP contribution in [0.15, 0.2) is 0 Å². The molecule has 1 aliphatic heterocycles. The molecule has 0 unspecified atom stereocenters. The monoisotopic (exact) mass is 118 g/mol. The van der Waals surface area contributed by atoms with Crippen LogP contribution in [0.4, 0.5) is 0 Å². The van der Waals surface area contributed by atoms with Gasteiger partial charge >= 0.3 is 0 Å². The van der Waals surface area contributed by atoms with E-state index in [0.717, 1.165) is 6.61 Å². The zero-order chi connectivity index (χ0) is 5.98. The van der Waals surface area contributed by atoms with Crippen molar-refractivity contribution in [1.82, 2.24) is 0 Å². The fraction of sp³-hybridized carbons (Fsp3) is 1.00. The lowest BCUT2D eigenvalue weighted by Gasteiger charge is -2.08. The van der Waals surface area contributed by atoms with E-state index in [-0.39, 0.29) is 12.4 Å². The first-order valence-electron chi connectivity index (χ1n) is 2.55. The molecule has 3 nitrogen and oxygen atoms in total. The van der Waals surface area contributed by atoms with E-state index in [4.69, 9.17) is 14.2 Å². The summed E-state index contributed by atoms with van der Waals surface area (Å²) in [6.07, 6.45) is 0.0278. The fourth-order valence-corrected chi connectivity index (χ4v) is 0.612. The van der Waals surface area contributed by atoms with Crippen LogP contribution in [-0.2, 0) is 14.2 Å². The Bertz CT molecular complexity index is 66.1. The quantitative estimate of drug-likeness (QED) is 0.386. The molecular weight excluding hydrogens is 108 g/mol. The lowest BCUT2D eigenvalue weighted by atomic mass is 10.5. The van der Waals surface area contributed by atoms with Crippen LogP contribution in [0.5, 0.6) is 0 Å². The normalized spacial score (nSPS) is 26.6. The van der Waals surface area contributed by atoms with Crippen LogP contribution in [0.3, 0.4) is 0 Å². The molecule has 0 amide bonds. The number of hydrogen-bond acceptors (Lipinski definition) is 3. The van der Waals surface area contributed by atoms with Gasteiger partial charge in [-0.3, -0.25) is 0 Å². The van der Waals surface area contributed by atoms with Crippen molar-refractivity contribution in [3.05, 3.63) is 0 Å². The van der Waals surface area contributed by atoms with E-state index in [1.807, 2.05) is 0 Å². The van der Waals surface area contributed by atoms with Crippen LogP contribution in [0.2, 0.25) is 0 Å². The second-order valence-electron chi connectivity index (χ2n) is 1.71. The largest absolute Gasteiger partial charge is 0.368 e. The van der Waals surface area contributed by atoms with Crippen LogP contribution in [0.25, 0.3) is 0 Å². The molecule has 1 atom stereocenters. The molecule has 0 aliphatic carbocycles. The average Bonchev–Trinajstić information content (AvgIpc) is 2.53. The number of methoxy groups -OCH3 is 2. The van der Waals surface area contributed by atoms with Gasteiger partial charge in [-0.2, -0.15) is 0 Å². The smallest absolute Gasteiger partial charge is 0.185 e. The van der Waals surface area contributed by atoms with Gasteiger partial charge in [-0.1, -0.05) is 0 Å². The minimum atomic E-state index is -0.157. The van der Waals surface area contributed by atoms with Gasteiger partial charge in [0, 0.05) is 14.2 Å². The van der Waals surface area contributed by atoms with E-state index >= 15 is 0 Å². The summed E-state index contributed by atoms with van der Waals surface area (Å²) in [7, 11) is 3.21. The summed E-state index contributed by atoms with van der Waals surface area (Å²) in [6, 6.07) is 0. The Morgan fingerprint density at radius 2 is 2.00 bits per heavy atom. The lowest BCUT2D eigenvalue weighted by molar-refractivity contribution is -0.115. The molecule has 8 heavy (non-hydrogen) atoms. The highest BCUT2D eigenvalue weighted by Crippen LogP contribution is 2.16. The number of rotatable bonds is 3. The molecule has 1 heterocycles. The maximum Gasteiger partial charge on any atom is 0.185 e. The van der Waals surface area contributed by atoms with Gasteiger partial charge in [0.15, 0.2) is 6.29 Å². The second-order valence-corrected chi connectivity index (χ2v) is 1.71. The molecule has 3 heteroatoms. The van der Waals surface area contributed by atoms with Crippen molar-refractivity contribution in [2.75, 3.05) is 20.8 Å². The summed E-state index contributed by atoms with van der Waals surface area (Å²) in [4.78, 5) is 0. The van der Waals surface area contributed by atoms with Gasteiger partial charge in [0.05, 0.1) is 6.61 Å². The third kappa shape index (κ3) is 1.18. The molecular formula is C5H10O3. The zero-order valence-corrected chi connectivity index (χ0v) is 5.09. The lowest BCUT2D eigenvalue weighted by Crippen LogP contribution is -2.19. The van der Waals surface area contributed by atoms with Crippen molar-refractivity contribution >= 4 is 0 Å². The van der Waals surface area contributed by atoms with Gasteiger partial charge < -0.3 is 14.2 Å². The highest BCUT2D eigenvalue weighted by Gasteiger charge is 2.32. The van der Waals surface area contributed by atoms with Crippen molar-refractivity contribution in [2.24, 2.45) is 0 Å². The maximum atomic E-state index is 4.90. The summed E-state index contributed by atoms with van der Waals surface area (Å²) in [6.45, 7) is 0.770. The Labute approximate surface area is 48.5 Å². The predicted octanol–water partition coefficient (Wildman–Crippen LogP) is 0.00410. The number of epoxide rings is 1. The highest BCUT2D eigenvalue weighted by atomic mass is 16.7. The Morgan fingerprint density at radius 3 is 2.12 bits per heavy atom. The van der Waals surface area contributed by atoms with E-state index in [9.17, 15) is 0 Å². The average molecular weight is 118 g/mol. The molecule has 0 radical (unpaired) electrons. The molecule has 0 aromatic heterocycles. The van der Waals surface area contributed by atoms with Crippen LogP contribution < -0.4 is 0 Å². The fourth-order valence-electron chi connectivity index (χ4n) is 0.612. The number of hydrogen-bond donors (Lipinski definition) is 0. The van der Waals surface area contributed by atoms with Gasteiger partial charge in [0.25, 0.3) is 0 Å². The molecule has 48 valence electrons. The molecule has 0 aromatic carbocycles. The summed E-state index contributed by atoms with van der Waals surface area (Å²) in [5, 5.41) is 0. The minimum Gasteiger partial charge on any atom is -0.368 e. The number of ether oxygens (including phenoxy) is 3. The Kier molecular flexibility index (Phi) is 1.83. The van der Waals surface area contributed by atoms with Gasteiger partial charge in [-0.15, -0.1) is 0 Å². The Hall–Kier alpha value is -0.120. The molecule has 1 rings (SSSR count). The van der Waals surface area contributed by atoms with Crippen LogP contribution in [-0.4, -0.2) is 33.2 Å². The van der Waals surface area contributed by atoms with Crippen LogP contribution >= 0.6 is 0 Å². The molecule has 1 fully saturated rings. The molecule has 0 bridgehead atoms. The van der Waals surface area contributed by atoms with Crippen molar-refractivity contribution in [2.45, 2.75) is 12.4 Å². The summed E-state index contributed by atoms with van der Waals surface area (Å²) in [5.41, 5.74) is 0. The summed E-state index contributed by atoms with van der Waals surface area (Å²) in [5.74, 6) is 0. The molecule has 0 N–H and O–H groups in total. The highest BCUT2D eigenvalue weighted by molar-refractivity contribution is 4.72. The Balaban J connectivity index is 2.15. The third-order valence-electron chi connectivity index (χ3n) is 1.13. The zero-order valence-electron chi connectivity index (χ0n) is 5.09. The van der Waals surface area contributed by atoms with Crippen molar-refractivity contribution < 1.29 is 14.2 Å². The topological polar surface area (TPSA) is 31.0 Å².